The highest BCUT2D eigenvalue weighted by Gasteiger charge is 2.33. The second kappa shape index (κ2) is 7.63. The van der Waals surface area contributed by atoms with Crippen LogP contribution in [0.3, 0.4) is 0 Å². The van der Waals surface area contributed by atoms with E-state index in [1.165, 1.54) is 4.31 Å². The second-order valence-corrected chi connectivity index (χ2v) is 8.71. The molecule has 0 radical (unpaired) electrons. The van der Waals surface area contributed by atoms with Gasteiger partial charge in [0.15, 0.2) is 0 Å². The van der Waals surface area contributed by atoms with Crippen molar-refractivity contribution in [2.45, 2.75) is 30.3 Å². The lowest BCUT2D eigenvalue weighted by Crippen LogP contribution is -2.50. The lowest BCUT2D eigenvalue weighted by atomic mass is 10.0. The first-order chi connectivity index (χ1) is 12.7. The summed E-state index contributed by atoms with van der Waals surface area (Å²) < 4.78 is 64.4. The molecule has 1 aromatic carbocycles. The summed E-state index contributed by atoms with van der Waals surface area (Å²) in [7, 11) is -3.88. The zero-order chi connectivity index (χ0) is 19.7. The smallest absolute Gasteiger partial charge is 0.340 e. The van der Waals surface area contributed by atoms with Crippen LogP contribution in [0, 0.1) is 5.92 Å². The van der Waals surface area contributed by atoms with E-state index in [4.69, 9.17) is 0 Å². The lowest BCUT2D eigenvalue weighted by molar-refractivity contribution is -0.137. The monoisotopic (exact) mass is 402 g/mol. The average Bonchev–Trinajstić information content (AvgIpc) is 3.14. The fourth-order valence-corrected chi connectivity index (χ4v) is 4.78. The summed E-state index contributed by atoms with van der Waals surface area (Å²) in [4.78, 5) is 13.8. The summed E-state index contributed by atoms with van der Waals surface area (Å²) in [6.45, 7) is 0.843. The summed E-state index contributed by atoms with van der Waals surface area (Å²) in [5.41, 5.74) is -0.891. The SMILES string of the molecule is O=C(CC1C=CCC1)N1CCN(S(=O)(=O)c2ccc(C(F)(F)F)cc2)CC1. The van der Waals surface area contributed by atoms with Gasteiger partial charge in [-0.2, -0.15) is 17.5 Å². The molecule has 27 heavy (non-hydrogen) atoms. The number of sulfonamides is 1. The average molecular weight is 402 g/mol. The number of benzene rings is 1. The second-order valence-electron chi connectivity index (χ2n) is 6.78. The molecule has 1 fully saturated rings. The van der Waals surface area contributed by atoms with Crippen molar-refractivity contribution in [3.05, 3.63) is 42.0 Å². The third-order valence-electron chi connectivity index (χ3n) is 4.96. The number of nitrogens with zero attached hydrogens (tertiary/aromatic N) is 2. The standard InChI is InChI=1S/C18H21F3N2O3S/c19-18(20,21)15-5-7-16(8-6-15)27(25,26)23-11-9-22(10-12-23)17(24)13-14-3-1-2-4-14/h1,3,5-8,14H,2,4,9-13H2. The Labute approximate surface area is 156 Å². The van der Waals surface area contributed by atoms with Crippen LogP contribution in [0.15, 0.2) is 41.3 Å². The predicted molar refractivity (Wildman–Crippen MR) is 93.3 cm³/mol. The molecule has 1 heterocycles. The zero-order valence-electron chi connectivity index (χ0n) is 14.7. The largest absolute Gasteiger partial charge is 0.416 e. The van der Waals surface area contributed by atoms with Gasteiger partial charge in [0.2, 0.25) is 15.9 Å². The number of amides is 1. The lowest BCUT2D eigenvalue weighted by Gasteiger charge is -2.34. The number of hydrogen-bond donors (Lipinski definition) is 0. The van der Waals surface area contributed by atoms with Crippen molar-refractivity contribution >= 4 is 15.9 Å². The Morgan fingerprint density at radius 2 is 1.70 bits per heavy atom. The number of allylic oxidation sites excluding steroid dienone is 2. The molecule has 1 aliphatic carbocycles. The van der Waals surface area contributed by atoms with Crippen LogP contribution in [0.4, 0.5) is 13.2 Å². The first-order valence-corrected chi connectivity index (χ1v) is 10.2. The maximum atomic E-state index is 12.6. The van der Waals surface area contributed by atoms with Crippen molar-refractivity contribution in [1.29, 1.82) is 0 Å². The first-order valence-electron chi connectivity index (χ1n) is 8.80. The van der Waals surface area contributed by atoms with Gasteiger partial charge in [0, 0.05) is 32.6 Å². The van der Waals surface area contributed by atoms with Crippen LogP contribution in [0.1, 0.15) is 24.8 Å². The first kappa shape index (κ1) is 19.9. The van der Waals surface area contributed by atoms with Gasteiger partial charge in [-0.05, 0) is 43.0 Å². The van der Waals surface area contributed by atoms with Crippen LogP contribution in [-0.4, -0.2) is 49.7 Å². The molecule has 1 aliphatic heterocycles. The van der Waals surface area contributed by atoms with E-state index in [1.807, 2.05) is 6.08 Å². The Morgan fingerprint density at radius 1 is 1.07 bits per heavy atom. The highest BCUT2D eigenvalue weighted by atomic mass is 32.2. The number of carbonyl (C=O) groups excluding carboxylic acids is 1. The highest BCUT2D eigenvalue weighted by Crippen LogP contribution is 2.30. The Kier molecular flexibility index (Phi) is 5.62. The zero-order valence-corrected chi connectivity index (χ0v) is 15.5. The fourth-order valence-electron chi connectivity index (χ4n) is 3.36. The maximum Gasteiger partial charge on any atom is 0.416 e. The Hall–Kier alpha value is -1.87. The van der Waals surface area contributed by atoms with Crippen LogP contribution in [0.2, 0.25) is 0 Å². The van der Waals surface area contributed by atoms with Crippen LogP contribution < -0.4 is 0 Å². The van der Waals surface area contributed by atoms with E-state index in [9.17, 15) is 26.4 Å². The molecule has 9 heteroatoms. The van der Waals surface area contributed by atoms with Gasteiger partial charge < -0.3 is 4.90 Å². The number of rotatable bonds is 4. The minimum Gasteiger partial charge on any atom is -0.340 e. The van der Waals surface area contributed by atoms with Crippen molar-refractivity contribution in [3.8, 4) is 0 Å². The van der Waals surface area contributed by atoms with Gasteiger partial charge in [-0.1, -0.05) is 12.2 Å². The molecule has 0 saturated carbocycles. The predicted octanol–water partition coefficient (Wildman–Crippen LogP) is 2.89. The molecule has 5 nitrogen and oxygen atoms in total. The number of halogens is 3. The number of piperazine rings is 1. The summed E-state index contributed by atoms with van der Waals surface area (Å²) >= 11 is 0. The van der Waals surface area contributed by atoms with Crippen molar-refractivity contribution in [2.24, 2.45) is 5.92 Å². The van der Waals surface area contributed by atoms with Gasteiger partial charge in [0.05, 0.1) is 10.5 Å². The van der Waals surface area contributed by atoms with E-state index in [0.29, 0.717) is 6.42 Å². The molecule has 1 unspecified atom stereocenters. The molecule has 0 aromatic heterocycles. The Balaban J connectivity index is 1.60. The van der Waals surface area contributed by atoms with E-state index < -0.39 is 21.8 Å². The number of alkyl halides is 3. The van der Waals surface area contributed by atoms with E-state index in [2.05, 4.69) is 6.08 Å². The molecule has 0 spiro atoms. The van der Waals surface area contributed by atoms with Crippen LogP contribution in [-0.2, 0) is 21.0 Å². The highest BCUT2D eigenvalue weighted by molar-refractivity contribution is 7.89. The Morgan fingerprint density at radius 3 is 2.22 bits per heavy atom. The number of hydrogen-bond acceptors (Lipinski definition) is 3. The Bertz CT molecular complexity index is 811. The minimum absolute atomic E-state index is 0.0122. The van der Waals surface area contributed by atoms with Gasteiger partial charge in [-0.3, -0.25) is 4.79 Å². The molecule has 1 saturated heterocycles. The quantitative estimate of drug-likeness (QED) is 0.728. The molecular formula is C18H21F3N2O3S. The van der Waals surface area contributed by atoms with E-state index in [0.717, 1.165) is 37.1 Å². The number of carbonyl (C=O) groups is 1. The summed E-state index contributed by atoms with van der Waals surface area (Å²) in [5.74, 6) is 0.268. The van der Waals surface area contributed by atoms with Gasteiger partial charge in [-0.25, -0.2) is 8.42 Å². The van der Waals surface area contributed by atoms with Crippen LogP contribution >= 0.6 is 0 Å². The fraction of sp³-hybridized carbons (Fsp3) is 0.500. The van der Waals surface area contributed by atoms with E-state index >= 15 is 0 Å². The molecule has 2 aliphatic rings. The van der Waals surface area contributed by atoms with Crippen molar-refractivity contribution in [1.82, 2.24) is 9.21 Å². The van der Waals surface area contributed by atoms with Crippen molar-refractivity contribution in [2.75, 3.05) is 26.2 Å². The minimum atomic E-state index is -4.51. The topological polar surface area (TPSA) is 57.7 Å². The summed E-state index contributed by atoms with van der Waals surface area (Å²) in [5, 5.41) is 0. The molecule has 1 aromatic rings. The molecule has 1 atom stereocenters. The van der Waals surface area contributed by atoms with Crippen LogP contribution in [0.25, 0.3) is 0 Å². The van der Waals surface area contributed by atoms with Gasteiger partial charge in [-0.15, -0.1) is 0 Å². The third-order valence-corrected chi connectivity index (χ3v) is 6.87. The third kappa shape index (κ3) is 4.52. The molecule has 0 bridgehead atoms. The molecular weight excluding hydrogens is 381 g/mol. The van der Waals surface area contributed by atoms with Gasteiger partial charge in [0.25, 0.3) is 0 Å². The van der Waals surface area contributed by atoms with Crippen molar-refractivity contribution < 1.29 is 26.4 Å². The maximum absolute atomic E-state index is 12.6. The van der Waals surface area contributed by atoms with E-state index in [1.54, 1.807) is 4.90 Å². The van der Waals surface area contributed by atoms with E-state index in [-0.39, 0.29) is 42.9 Å². The van der Waals surface area contributed by atoms with Gasteiger partial charge >= 0.3 is 6.18 Å². The molecule has 0 N–H and O–H groups in total. The summed E-state index contributed by atoms with van der Waals surface area (Å²) in [6.07, 6.45) is 1.98. The molecule has 1 amide bonds. The van der Waals surface area contributed by atoms with Crippen LogP contribution in [0.5, 0.6) is 0 Å². The molecule has 3 rings (SSSR count). The molecule has 148 valence electrons. The van der Waals surface area contributed by atoms with Gasteiger partial charge in [0.1, 0.15) is 0 Å². The van der Waals surface area contributed by atoms with Crippen molar-refractivity contribution in [3.63, 3.8) is 0 Å². The summed E-state index contributed by atoms with van der Waals surface area (Å²) in [6, 6.07) is 3.48. The normalized spacial score (nSPS) is 21.6.